The molecule has 1 saturated carbocycles. The highest BCUT2D eigenvalue weighted by molar-refractivity contribution is 7.89. The van der Waals surface area contributed by atoms with Gasteiger partial charge in [0.05, 0.1) is 4.90 Å². The summed E-state index contributed by atoms with van der Waals surface area (Å²) in [7, 11) is -3.50. The van der Waals surface area contributed by atoms with Crippen LogP contribution in [0.3, 0.4) is 0 Å². The molecule has 26 heavy (non-hydrogen) atoms. The molecule has 1 fully saturated rings. The third kappa shape index (κ3) is 6.57. The first kappa shape index (κ1) is 20.6. The molecule has 0 amide bonds. The molecule has 0 aromatic heterocycles. The molecule has 2 atom stereocenters. The first-order chi connectivity index (χ1) is 12.4. The van der Waals surface area contributed by atoms with Gasteiger partial charge in [-0.3, -0.25) is 4.79 Å². The van der Waals surface area contributed by atoms with Crippen LogP contribution in [0, 0.1) is 12.8 Å². The maximum absolute atomic E-state index is 12.7. The van der Waals surface area contributed by atoms with Crippen LogP contribution in [0.4, 0.5) is 0 Å². The molecule has 0 spiro atoms. The molecule has 0 saturated heterocycles. The largest absolute Gasteiger partial charge is 0.481 e. The minimum atomic E-state index is -3.50. The zero-order valence-electron chi connectivity index (χ0n) is 15.4. The van der Waals surface area contributed by atoms with Gasteiger partial charge in [-0.25, -0.2) is 13.1 Å². The topological polar surface area (TPSA) is 83.5 Å². The summed E-state index contributed by atoms with van der Waals surface area (Å²) in [5.41, 5.74) is 1.03. The molecule has 1 aromatic rings. The van der Waals surface area contributed by atoms with Crippen LogP contribution in [-0.2, 0) is 14.8 Å². The molecule has 0 aliphatic heterocycles. The van der Waals surface area contributed by atoms with E-state index in [2.05, 4.69) is 10.8 Å². The summed E-state index contributed by atoms with van der Waals surface area (Å²) in [6, 6.07) is 6.88. The fourth-order valence-electron chi connectivity index (χ4n) is 3.39. The van der Waals surface area contributed by atoms with Crippen LogP contribution in [0.15, 0.2) is 41.3 Å². The van der Waals surface area contributed by atoms with Crippen molar-refractivity contribution in [2.45, 2.75) is 69.2 Å². The Morgan fingerprint density at radius 1 is 1.19 bits per heavy atom. The fourth-order valence-corrected chi connectivity index (χ4v) is 4.73. The number of nitrogens with one attached hydrogen (secondary N) is 1. The summed E-state index contributed by atoms with van der Waals surface area (Å²) < 4.78 is 28.2. The third-order valence-electron chi connectivity index (χ3n) is 4.91. The predicted molar refractivity (Wildman–Crippen MR) is 102 cm³/mol. The number of allylic oxidation sites excluding steroid dienone is 2. The Balaban J connectivity index is 1.92. The molecule has 1 aromatic carbocycles. The van der Waals surface area contributed by atoms with Crippen molar-refractivity contribution in [2.24, 2.45) is 5.92 Å². The first-order valence-corrected chi connectivity index (χ1v) is 10.8. The number of sulfonamides is 1. The molecule has 6 heteroatoms. The number of hydrogen-bond acceptors (Lipinski definition) is 3. The van der Waals surface area contributed by atoms with E-state index in [4.69, 9.17) is 5.11 Å². The lowest BCUT2D eigenvalue weighted by Crippen LogP contribution is -2.41. The van der Waals surface area contributed by atoms with E-state index in [0.717, 1.165) is 44.1 Å². The highest BCUT2D eigenvalue weighted by Gasteiger charge is 2.28. The molecule has 0 radical (unpaired) electrons. The van der Waals surface area contributed by atoms with Crippen molar-refractivity contribution in [1.29, 1.82) is 0 Å². The lowest BCUT2D eigenvalue weighted by Gasteiger charge is -2.31. The molecular formula is C20H29NO4S. The van der Waals surface area contributed by atoms with E-state index in [1.807, 2.05) is 25.1 Å². The minimum Gasteiger partial charge on any atom is -0.481 e. The van der Waals surface area contributed by atoms with Crippen molar-refractivity contribution in [3.63, 3.8) is 0 Å². The van der Waals surface area contributed by atoms with E-state index in [1.165, 1.54) is 0 Å². The van der Waals surface area contributed by atoms with Gasteiger partial charge in [-0.1, -0.05) is 42.7 Å². The van der Waals surface area contributed by atoms with Crippen LogP contribution in [0.1, 0.15) is 56.9 Å². The molecule has 0 bridgehead atoms. The molecule has 144 valence electrons. The average Bonchev–Trinajstić information content (AvgIpc) is 2.59. The van der Waals surface area contributed by atoms with Crippen molar-refractivity contribution in [2.75, 3.05) is 0 Å². The van der Waals surface area contributed by atoms with Gasteiger partial charge in [0.2, 0.25) is 10.0 Å². The van der Waals surface area contributed by atoms with Crippen molar-refractivity contribution < 1.29 is 18.3 Å². The number of carbonyl (C=O) groups is 1. The number of benzene rings is 1. The average molecular weight is 380 g/mol. The van der Waals surface area contributed by atoms with E-state index in [-0.39, 0.29) is 12.5 Å². The first-order valence-electron chi connectivity index (χ1n) is 9.34. The Morgan fingerprint density at radius 2 is 1.88 bits per heavy atom. The number of aryl methyl sites for hydroxylation is 1. The molecule has 2 unspecified atom stereocenters. The Labute approximate surface area is 156 Å². The third-order valence-corrected chi connectivity index (χ3v) is 6.42. The fraction of sp³-hybridized carbons (Fsp3) is 0.550. The molecule has 1 aliphatic rings. The number of rotatable bonds is 9. The SMILES string of the molecule is Cc1ccc(S(=O)(=O)NC2CCCCC2CC=CCCCC(=O)O)cc1. The number of hydrogen-bond donors (Lipinski definition) is 2. The van der Waals surface area contributed by atoms with E-state index < -0.39 is 16.0 Å². The Hall–Kier alpha value is -1.66. The van der Waals surface area contributed by atoms with Crippen LogP contribution >= 0.6 is 0 Å². The monoisotopic (exact) mass is 379 g/mol. The lowest BCUT2D eigenvalue weighted by atomic mass is 9.83. The lowest BCUT2D eigenvalue weighted by molar-refractivity contribution is -0.137. The van der Waals surface area contributed by atoms with Crippen molar-refractivity contribution in [3.8, 4) is 0 Å². The maximum atomic E-state index is 12.7. The summed E-state index contributed by atoms with van der Waals surface area (Å²) in [6.45, 7) is 1.93. The van der Waals surface area contributed by atoms with E-state index >= 15 is 0 Å². The van der Waals surface area contributed by atoms with Gasteiger partial charge in [0.15, 0.2) is 0 Å². The number of carboxylic acid groups (broad SMARTS) is 1. The zero-order valence-corrected chi connectivity index (χ0v) is 16.2. The van der Waals surface area contributed by atoms with Crippen LogP contribution in [-0.4, -0.2) is 25.5 Å². The second-order valence-electron chi connectivity index (χ2n) is 7.08. The van der Waals surface area contributed by atoms with Gasteiger partial charge in [-0.05, 0) is 57.1 Å². The van der Waals surface area contributed by atoms with Crippen LogP contribution in [0.25, 0.3) is 0 Å². The second-order valence-corrected chi connectivity index (χ2v) is 8.79. The van der Waals surface area contributed by atoms with Crippen LogP contribution in [0.2, 0.25) is 0 Å². The van der Waals surface area contributed by atoms with Crippen LogP contribution < -0.4 is 4.72 Å². The maximum Gasteiger partial charge on any atom is 0.303 e. The Bertz CT molecular complexity index is 710. The van der Waals surface area contributed by atoms with Gasteiger partial charge in [0, 0.05) is 12.5 Å². The standard InChI is InChI=1S/C20H29NO4S/c1-16-12-14-18(15-13-16)26(24,25)21-19-10-7-6-9-17(19)8-4-2-3-5-11-20(22)23/h2,4,12-15,17,19,21H,3,5-11H2,1H3,(H,22,23). The normalized spacial score (nSPS) is 21.1. The zero-order chi connectivity index (χ0) is 19.0. The quantitative estimate of drug-likeness (QED) is 0.501. The van der Waals surface area contributed by atoms with Gasteiger partial charge in [-0.15, -0.1) is 0 Å². The molecule has 5 nitrogen and oxygen atoms in total. The number of carboxylic acids is 1. The number of unbranched alkanes of at least 4 members (excludes halogenated alkanes) is 1. The molecule has 1 aliphatic carbocycles. The molecule has 0 heterocycles. The second kappa shape index (κ2) is 9.88. The van der Waals surface area contributed by atoms with Crippen LogP contribution in [0.5, 0.6) is 0 Å². The Kier molecular flexibility index (Phi) is 7.85. The summed E-state index contributed by atoms with van der Waals surface area (Å²) in [4.78, 5) is 10.8. The predicted octanol–water partition coefficient (Wildman–Crippen LogP) is 4.03. The molecule has 2 N–H and O–H groups in total. The van der Waals surface area contributed by atoms with Gasteiger partial charge < -0.3 is 5.11 Å². The summed E-state index contributed by atoms with van der Waals surface area (Å²) in [5, 5.41) is 8.64. The van der Waals surface area contributed by atoms with Gasteiger partial charge in [0.25, 0.3) is 0 Å². The van der Waals surface area contributed by atoms with Crippen molar-refractivity contribution in [1.82, 2.24) is 4.72 Å². The highest BCUT2D eigenvalue weighted by atomic mass is 32.2. The minimum absolute atomic E-state index is 0.0428. The summed E-state index contributed by atoms with van der Waals surface area (Å²) in [6.07, 6.45) is 10.5. The van der Waals surface area contributed by atoms with E-state index in [9.17, 15) is 13.2 Å². The summed E-state index contributed by atoms with van der Waals surface area (Å²) in [5.74, 6) is -0.476. The molecular weight excluding hydrogens is 350 g/mol. The molecule has 2 rings (SSSR count). The van der Waals surface area contributed by atoms with Gasteiger partial charge in [-0.2, -0.15) is 0 Å². The van der Waals surface area contributed by atoms with E-state index in [1.54, 1.807) is 12.1 Å². The van der Waals surface area contributed by atoms with Crippen molar-refractivity contribution >= 4 is 16.0 Å². The van der Waals surface area contributed by atoms with Crippen molar-refractivity contribution in [3.05, 3.63) is 42.0 Å². The summed E-state index contributed by atoms with van der Waals surface area (Å²) >= 11 is 0. The van der Waals surface area contributed by atoms with Gasteiger partial charge >= 0.3 is 5.97 Å². The van der Waals surface area contributed by atoms with Gasteiger partial charge in [0.1, 0.15) is 0 Å². The smallest absolute Gasteiger partial charge is 0.303 e. The van der Waals surface area contributed by atoms with E-state index in [0.29, 0.717) is 17.2 Å². The number of aliphatic carboxylic acids is 1. The highest BCUT2D eigenvalue weighted by Crippen LogP contribution is 2.29. The Morgan fingerprint density at radius 3 is 2.58 bits per heavy atom.